The molecule has 0 radical (unpaired) electrons. The van der Waals surface area contributed by atoms with Crippen LogP contribution in [-0.4, -0.2) is 53.1 Å². The summed E-state index contributed by atoms with van der Waals surface area (Å²) >= 11 is 0. The van der Waals surface area contributed by atoms with E-state index in [2.05, 4.69) is 34.5 Å². The average Bonchev–Trinajstić information content (AvgIpc) is 3.18. The summed E-state index contributed by atoms with van der Waals surface area (Å²) in [4.78, 5) is 28.6. The number of nitrogens with zero attached hydrogens (tertiary/aromatic N) is 2. The highest BCUT2D eigenvalue weighted by Crippen LogP contribution is 2.48. The Labute approximate surface area is 173 Å². The highest BCUT2D eigenvalue weighted by atomic mass is 16.4. The van der Waals surface area contributed by atoms with Crippen molar-refractivity contribution < 1.29 is 14.7 Å². The Morgan fingerprint density at radius 1 is 1.03 bits per heavy atom. The summed E-state index contributed by atoms with van der Waals surface area (Å²) in [6.45, 7) is 4.75. The number of carbonyl (C=O) groups excluding carboxylic acids is 1. The number of carbonyl (C=O) groups is 2. The molecular weight excluding hydrogens is 366 g/mol. The molecule has 1 aromatic rings. The van der Waals surface area contributed by atoms with Crippen molar-refractivity contribution >= 4 is 12.0 Å². The number of benzene rings is 1. The molecule has 2 heterocycles. The molecule has 3 fully saturated rings. The van der Waals surface area contributed by atoms with Crippen LogP contribution in [0.2, 0.25) is 0 Å². The normalized spacial score (nSPS) is 27.4. The molecule has 2 aliphatic heterocycles. The van der Waals surface area contributed by atoms with Gasteiger partial charge in [-0.05, 0) is 55.8 Å². The first-order valence-electron chi connectivity index (χ1n) is 11.1. The van der Waals surface area contributed by atoms with E-state index in [1.807, 2.05) is 0 Å². The van der Waals surface area contributed by atoms with E-state index in [4.69, 9.17) is 0 Å². The highest BCUT2D eigenvalue weighted by Gasteiger charge is 2.55. The molecule has 6 heteroatoms. The van der Waals surface area contributed by atoms with E-state index in [0.717, 1.165) is 24.9 Å². The molecule has 6 nitrogen and oxygen atoms in total. The molecule has 3 aliphatic rings. The maximum Gasteiger partial charge on any atom is 0.317 e. The van der Waals surface area contributed by atoms with Crippen LogP contribution in [0, 0.1) is 11.3 Å². The molecule has 1 aliphatic carbocycles. The highest BCUT2D eigenvalue weighted by molar-refractivity contribution is 5.80. The lowest BCUT2D eigenvalue weighted by atomic mass is 9.81. The third-order valence-electron chi connectivity index (χ3n) is 7.16. The molecule has 2 N–H and O–H groups in total. The van der Waals surface area contributed by atoms with E-state index in [1.165, 1.54) is 44.3 Å². The van der Waals surface area contributed by atoms with Crippen molar-refractivity contribution in [1.29, 1.82) is 0 Å². The molecule has 2 saturated heterocycles. The second-order valence-corrected chi connectivity index (χ2v) is 9.10. The van der Waals surface area contributed by atoms with E-state index in [1.54, 1.807) is 4.90 Å². The number of carboxylic acids is 1. The van der Waals surface area contributed by atoms with Crippen LogP contribution in [0.25, 0.3) is 0 Å². The zero-order valence-corrected chi connectivity index (χ0v) is 17.2. The number of carboxylic acid groups (broad SMARTS) is 1. The van der Waals surface area contributed by atoms with Crippen LogP contribution >= 0.6 is 0 Å². The van der Waals surface area contributed by atoms with E-state index >= 15 is 0 Å². The van der Waals surface area contributed by atoms with Crippen LogP contribution in [-0.2, 0) is 17.9 Å². The third-order valence-corrected chi connectivity index (χ3v) is 7.16. The molecule has 158 valence electrons. The number of urea groups is 1. The van der Waals surface area contributed by atoms with Gasteiger partial charge in [0.25, 0.3) is 0 Å². The smallest absolute Gasteiger partial charge is 0.317 e. The Hall–Kier alpha value is -2.08. The number of rotatable bonds is 5. The Morgan fingerprint density at radius 2 is 1.72 bits per heavy atom. The van der Waals surface area contributed by atoms with Gasteiger partial charge < -0.3 is 15.3 Å². The Bertz CT molecular complexity index is 727. The Morgan fingerprint density at radius 3 is 2.38 bits per heavy atom. The predicted octanol–water partition coefficient (Wildman–Crippen LogP) is 3.46. The molecule has 0 aromatic heterocycles. The van der Waals surface area contributed by atoms with Gasteiger partial charge in [-0.25, -0.2) is 4.79 Å². The number of aliphatic carboxylic acids is 1. The molecule has 1 aromatic carbocycles. The topological polar surface area (TPSA) is 72.9 Å². The van der Waals surface area contributed by atoms with Gasteiger partial charge in [-0.1, -0.05) is 43.5 Å². The first-order valence-corrected chi connectivity index (χ1v) is 11.1. The quantitative estimate of drug-likeness (QED) is 0.795. The van der Waals surface area contributed by atoms with Crippen LogP contribution in [0.5, 0.6) is 0 Å². The lowest BCUT2D eigenvalue weighted by molar-refractivity contribution is -0.149. The van der Waals surface area contributed by atoms with Crippen molar-refractivity contribution in [2.24, 2.45) is 11.3 Å². The van der Waals surface area contributed by atoms with Crippen molar-refractivity contribution in [3.8, 4) is 0 Å². The minimum atomic E-state index is -0.740. The second kappa shape index (κ2) is 8.74. The van der Waals surface area contributed by atoms with Gasteiger partial charge >= 0.3 is 12.0 Å². The number of likely N-dealkylation sites (tertiary alicyclic amines) is 2. The van der Waals surface area contributed by atoms with Crippen LogP contribution in [0.1, 0.15) is 56.1 Å². The summed E-state index contributed by atoms with van der Waals surface area (Å²) in [5, 5.41) is 12.7. The summed E-state index contributed by atoms with van der Waals surface area (Å²) in [6.07, 6.45) is 7.84. The largest absolute Gasteiger partial charge is 0.481 e. The summed E-state index contributed by atoms with van der Waals surface area (Å²) in [7, 11) is 0. The van der Waals surface area contributed by atoms with Crippen LogP contribution in [0.15, 0.2) is 24.3 Å². The van der Waals surface area contributed by atoms with Crippen molar-refractivity contribution in [1.82, 2.24) is 15.1 Å². The Kier molecular flexibility index (Phi) is 6.09. The lowest BCUT2D eigenvalue weighted by Gasteiger charge is -2.23. The molecule has 0 unspecified atom stereocenters. The summed E-state index contributed by atoms with van der Waals surface area (Å²) in [5.41, 5.74) is 1.68. The second-order valence-electron chi connectivity index (χ2n) is 9.10. The standard InChI is InChI=1S/C23H33N3O3/c27-21(28)23-11-5-6-20(23)16-26(17-23)22(29)24-14-18-7-9-19(10-8-18)15-25-12-3-1-2-4-13-25/h7-10,20H,1-6,11-17H2,(H,24,29)(H,27,28)/t20-,23+/m0/s1. The van der Waals surface area contributed by atoms with Crippen molar-refractivity contribution in [3.05, 3.63) is 35.4 Å². The van der Waals surface area contributed by atoms with Gasteiger partial charge in [0.15, 0.2) is 0 Å². The first kappa shape index (κ1) is 20.2. The fourth-order valence-corrected chi connectivity index (χ4v) is 5.40. The van der Waals surface area contributed by atoms with Gasteiger partial charge in [-0.2, -0.15) is 0 Å². The lowest BCUT2D eigenvalue weighted by Crippen LogP contribution is -2.41. The maximum atomic E-state index is 12.6. The van der Waals surface area contributed by atoms with Gasteiger partial charge in [0.1, 0.15) is 0 Å². The number of fused-ring (bicyclic) bond motifs is 1. The molecule has 4 rings (SSSR count). The zero-order valence-electron chi connectivity index (χ0n) is 17.2. The number of amides is 2. The number of hydrogen-bond donors (Lipinski definition) is 2. The van der Waals surface area contributed by atoms with E-state index in [-0.39, 0.29) is 11.9 Å². The van der Waals surface area contributed by atoms with Gasteiger partial charge in [0.2, 0.25) is 0 Å². The molecule has 0 bridgehead atoms. The summed E-state index contributed by atoms with van der Waals surface area (Å²) < 4.78 is 0. The van der Waals surface area contributed by atoms with E-state index in [9.17, 15) is 14.7 Å². The summed E-state index contributed by atoms with van der Waals surface area (Å²) in [6, 6.07) is 8.35. The predicted molar refractivity (Wildman–Crippen MR) is 111 cm³/mol. The van der Waals surface area contributed by atoms with Gasteiger partial charge in [-0.3, -0.25) is 9.69 Å². The fraction of sp³-hybridized carbons (Fsp3) is 0.652. The fourth-order valence-electron chi connectivity index (χ4n) is 5.40. The minimum absolute atomic E-state index is 0.101. The van der Waals surface area contributed by atoms with Crippen LogP contribution < -0.4 is 5.32 Å². The van der Waals surface area contributed by atoms with Crippen LogP contribution in [0.3, 0.4) is 0 Å². The van der Waals surface area contributed by atoms with Crippen LogP contribution in [0.4, 0.5) is 4.79 Å². The molecule has 0 spiro atoms. The maximum absolute atomic E-state index is 12.6. The van der Waals surface area contributed by atoms with Crippen molar-refractivity contribution in [3.63, 3.8) is 0 Å². The molecule has 29 heavy (non-hydrogen) atoms. The summed E-state index contributed by atoms with van der Waals surface area (Å²) in [5.74, 6) is -0.640. The monoisotopic (exact) mass is 399 g/mol. The molecular formula is C23H33N3O3. The van der Waals surface area contributed by atoms with Crippen molar-refractivity contribution in [2.45, 2.75) is 58.0 Å². The van der Waals surface area contributed by atoms with Gasteiger partial charge in [0.05, 0.1) is 5.41 Å². The number of nitrogens with one attached hydrogen (secondary N) is 1. The SMILES string of the molecule is O=C(NCc1ccc(CN2CCCCCC2)cc1)N1C[C@@H]2CCC[C@@]2(C(=O)O)C1. The first-order chi connectivity index (χ1) is 14.1. The van der Waals surface area contributed by atoms with E-state index < -0.39 is 11.4 Å². The minimum Gasteiger partial charge on any atom is -0.481 e. The number of hydrogen-bond acceptors (Lipinski definition) is 3. The van der Waals surface area contributed by atoms with Crippen molar-refractivity contribution in [2.75, 3.05) is 26.2 Å². The zero-order chi connectivity index (χ0) is 20.3. The average molecular weight is 400 g/mol. The third kappa shape index (κ3) is 4.42. The van der Waals surface area contributed by atoms with Gasteiger partial charge in [0, 0.05) is 26.2 Å². The molecule has 1 saturated carbocycles. The molecule has 2 amide bonds. The Balaban J connectivity index is 1.27. The molecule has 2 atom stereocenters. The van der Waals surface area contributed by atoms with Gasteiger partial charge in [-0.15, -0.1) is 0 Å². The van der Waals surface area contributed by atoms with E-state index in [0.29, 0.717) is 26.1 Å².